The van der Waals surface area contributed by atoms with Crippen molar-refractivity contribution in [2.24, 2.45) is 5.73 Å². The summed E-state index contributed by atoms with van der Waals surface area (Å²) < 4.78 is 10.8. The summed E-state index contributed by atoms with van der Waals surface area (Å²) in [6.07, 6.45) is 6.79. The molecule has 1 saturated carbocycles. The molecule has 0 aromatic heterocycles. The molecule has 21 heavy (non-hydrogen) atoms. The molecule has 0 amide bonds. The van der Waals surface area contributed by atoms with E-state index < -0.39 is 5.54 Å². The van der Waals surface area contributed by atoms with Crippen LogP contribution in [0, 0.1) is 0 Å². The van der Waals surface area contributed by atoms with Crippen LogP contribution in [0.15, 0.2) is 18.2 Å². The first-order chi connectivity index (χ1) is 10.1. The van der Waals surface area contributed by atoms with Crippen molar-refractivity contribution in [1.29, 1.82) is 0 Å². The normalized spacial score (nSPS) is 28.0. The van der Waals surface area contributed by atoms with Crippen molar-refractivity contribution in [1.82, 2.24) is 0 Å². The molecule has 2 atom stereocenters. The lowest BCUT2D eigenvalue weighted by Gasteiger charge is -2.21. The third-order valence-corrected chi connectivity index (χ3v) is 4.72. The molecule has 0 saturated heterocycles. The van der Waals surface area contributed by atoms with E-state index in [1.165, 1.54) is 37.5 Å². The van der Waals surface area contributed by atoms with Gasteiger partial charge in [0.25, 0.3) is 0 Å². The second-order valence-electron chi connectivity index (χ2n) is 6.27. The number of aryl methyl sites for hydroxylation is 2. The molecule has 2 unspecified atom stereocenters. The number of methoxy groups -OCH3 is 1. The fraction of sp³-hybridized carbons (Fsp3) is 0.588. The van der Waals surface area contributed by atoms with Crippen LogP contribution in [0.3, 0.4) is 0 Å². The smallest absolute Gasteiger partial charge is 0.325 e. The van der Waals surface area contributed by atoms with Gasteiger partial charge in [-0.15, -0.1) is 0 Å². The Labute approximate surface area is 125 Å². The summed E-state index contributed by atoms with van der Waals surface area (Å²) in [5.41, 5.74) is 8.09. The molecule has 2 aliphatic rings. The zero-order valence-electron chi connectivity index (χ0n) is 12.6. The molecule has 1 aromatic carbocycles. The predicted octanol–water partition coefficient (Wildman–Crippen LogP) is 2.37. The fourth-order valence-corrected chi connectivity index (χ4v) is 3.49. The molecular weight excluding hydrogens is 266 g/mol. The maximum absolute atomic E-state index is 11.7. The van der Waals surface area contributed by atoms with Crippen molar-refractivity contribution < 1.29 is 14.3 Å². The fourth-order valence-electron chi connectivity index (χ4n) is 3.49. The van der Waals surface area contributed by atoms with Gasteiger partial charge in [-0.25, -0.2) is 0 Å². The summed E-state index contributed by atoms with van der Waals surface area (Å²) in [7, 11) is 1.38. The van der Waals surface area contributed by atoms with Crippen LogP contribution in [0.25, 0.3) is 0 Å². The van der Waals surface area contributed by atoms with E-state index in [4.69, 9.17) is 15.2 Å². The van der Waals surface area contributed by atoms with E-state index in [1.807, 2.05) is 6.07 Å². The van der Waals surface area contributed by atoms with Crippen molar-refractivity contribution >= 4 is 5.97 Å². The topological polar surface area (TPSA) is 61.5 Å². The van der Waals surface area contributed by atoms with Crippen LogP contribution in [0.1, 0.15) is 43.2 Å². The number of hydrogen-bond donors (Lipinski definition) is 1. The van der Waals surface area contributed by atoms with E-state index in [9.17, 15) is 4.79 Å². The maximum Gasteiger partial charge on any atom is 0.325 e. The lowest BCUT2D eigenvalue weighted by molar-refractivity contribution is -0.147. The second kappa shape index (κ2) is 5.68. The molecular formula is C17H23NO3. The number of benzene rings is 1. The van der Waals surface area contributed by atoms with Gasteiger partial charge in [0, 0.05) is 6.42 Å². The predicted molar refractivity (Wildman–Crippen MR) is 80.3 cm³/mol. The lowest BCUT2D eigenvalue weighted by atomic mass is 9.92. The first-order valence-corrected chi connectivity index (χ1v) is 7.76. The van der Waals surface area contributed by atoms with Gasteiger partial charge in [0.05, 0.1) is 7.11 Å². The summed E-state index contributed by atoms with van der Waals surface area (Å²) in [5.74, 6) is 0.564. The summed E-state index contributed by atoms with van der Waals surface area (Å²) in [4.78, 5) is 11.7. The van der Waals surface area contributed by atoms with Crippen LogP contribution < -0.4 is 10.5 Å². The third-order valence-electron chi connectivity index (χ3n) is 4.72. The third kappa shape index (κ3) is 2.91. The number of esters is 1. The van der Waals surface area contributed by atoms with Gasteiger partial charge >= 0.3 is 5.97 Å². The van der Waals surface area contributed by atoms with Gasteiger partial charge in [0.15, 0.2) is 0 Å². The number of fused-ring (bicyclic) bond motifs is 1. The largest absolute Gasteiger partial charge is 0.490 e. The minimum atomic E-state index is -0.881. The number of ether oxygens (including phenoxy) is 2. The minimum Gasteiger partial charge on any atom is -0.490 e. The Balaban J connectivity index is 1.67. The van der Waals surface area contributed by atoms with Crippen molar-refractivity contribution in [2.45, 2.75) is 56.6 Å². The molecule has 0 radical (unpaired) electrons. The first kappa shape index (κ1) is 14.4. The molecule has 0 bridgehead atoms. The Morgan fingerprint density at radius 2 is 2.05 bits per heavy atom. The van der Waals surface area contributed by atoms with Crippen LogP contribution in [-0.4, -0.2) is 24.7 Å². The molecule has 2 N–H and O–H groups in total. The van der Waals surface area contributed by atoms with Gasteiger partial charge in [-0.05, 0) is 61.8 Å². The Hall–Kier alpha value is -1.55. The lowest BCUT2D eigenvalue weighted by Crippen LogP contribution is -2.47. The summed E-state index contributed by atoms with van der Waals surface area (Å²) in [5, 5.41) is 0. The van der Waals surface area contributed by atoms with E-state index in [1.54, 1.807) is 0 Å². The molecule has 114 valence electrons. The van der Waals surface area contributed by atoms with Gasteiger partial charge in [0.1, 0.15) is 17.4 Å². The van der Waals surface area contributed by atoms with Gasteiger partial charge in [-0.1, -0.05) is 6.07 Å². The number of carbonyl (C=O) groups excluding carboxylic acids is 1. The zero-order chi connectivity index (χ0) is 14.9. The number of rotatable bonds is 3. The number of carbonyl (C=O) groups is 1. The molecule has 2 aliphatic carbocycles. The van der Waals surface area contributed by atoms with Crippen LogP contribution in [0.5, 0.6) is 5.75 Å². The molecule has 0 aliphatic heterocycles. The highest BCUT2D eigenvalue weighted by Gasteiger charge is 2.44. The standard InChI is InChI=1S/C17H23NO3/c1-20-16(19)17(18)9-8-15(11-17)21-14-7-6-12-4-2-3-5-13(12)10-14/h6-7,10,15H,2-5,8-9,11,18H2,1H3. The second-order valence-corrected chi connectivity index (χ2v) is 6.27. The van der Waals surface area contributed by atoms with Crippen LogP contribution in [0.2, 0.25) is 0 Å². The zero-order valence-corrected chi connectivity index (χ0v) is 12.6. The molecule has 1 fully saturated rings. The summed E-state index contributed by atoms with van der Waals surface area (Å²) in [6, 6.07) is 6.37. The van der Waals surface area contributed by atoms with Crippen molar-refractivity contribution in [3.8, 4) is 5.75 Å². The Kier molecular flexibility index (Phi) is 3.89. The maximum atomic E-state index is 11.7. The average Bonchev–Trinajstić information content (AvgIpc) is 2.88. The van der Waals surface area contributed by atoms with Crippen LogP contribution >= 0.6 is 0 Å². The average molecular weight is 289 g/mol. The van der Waals surface area contributed by atoms with E-state index in [-0.39, 0.29) is 12.1 Å². The van der Waals surface area contributed by atoms with Gasteiger partial charge < -0.3 is 15.2 Å². The van der Waals surface area contributed by atoms with Gasteiger partial charge in [-0.2, -0.15) is 0 Å². The quantitative estimate of drug-likeness (QED) is 0.868. The van der Waals surface area contributed by atoms with E-state index >= 15 is 0 Å². The number of nitrogens with two attached hydrogens (primary N) is 1. The highest BCUT2D eigenvalue weighted by Crippen LogP contribution is 2.33. The SMILES string of the molecule is COC(=O)C1(N)CCC(Oc2ccc3c(c2)CCCC3)C1. The van der Waals surface area contributed by atoms with Gasteiger partial charge in [-0.3, -0.25) is 4.79 Å². The highest BCUT2D eigenvalue weighted by molar-refractivity contribution is 5.80. The van der Waals surface area contributed by atoms with E-state index in [0.717, 1.165) is 18.6 Å². The molecule has 3 rings (SSSR count). The van der Waals surface area contributed by atoms with Crippen LogP contribution in [0.4, 0.5) is 0 Å². The minimum absolute atomic E-state index is 0.00394. The monoisotopic (exact) mass is 289 g/mol. The Morgan fingerprint density at radius 1 is 1.29 bits per heavy atom. The van der Waals surface area contributed by atoms with Gasteiger partial charge in [0.2, 0.25) is 0 Å². The summed E-state index contributed by atoms with van der Waals surface area (Å²) in [6.45, 7) is 0. The van der Waals surface area contributed by atoms with E-state index in [0.29, 0.717) is 12.8 Å². The molecule has 0 heterocycles. The summed E-state index contributed by atoms with van der Waals surface area (Å²) >= 11 is 0. The first-order valence-electron chi connectivity index (χ1n) is 7.76. The van der Waals surface area contributed by atoms with E-state index in [2.05, 4.69) is 12.1 Å². The Bertz CT molecular complexity index is 543. The molecule has 4 nitrogen and oxygen atoms in total. The molecule has 4 heteroatoms. The molecule has 0 spiro atoms. The molecule has 1 aromatic rings. The van der Waals surface area contributed by atoms with Crippen molar-refractivity contribution in [2.75, 3.05) is 7.11 Å². The van der Waals surface area contributed by atoms with Crippen LogP contribution in [-0.2, 0) is 22.4 Å². The Morgan fingerprint density at radius 3 is 2.81 bits per heavy atom. The number of hydrogen-bond acceptors (Lipinski definition) is 4. The highest BCUT2D eigenvalue weighted by atomic mass is 16.5. The van der Waals surface area contributed by atoms with Crippen molar-refractivity contribution in [3.63, 3.8) is 0 Å². The van der Waals surface area contributed by atoms with Crippen molar-refractivity contribution in [3.05, 3.63) is 29.3 Å².